The maximum atomic E-state index is 12.3. The number of carboxylic acids is 1. The average molecular weight is 316 g/mol. The van der Waals surface area contributed by atoms with Crippen LogP contribution in [0, 0.1) is 0 Å². The van der Waals surface area contributed by atoms with Gasteiger partial charge in [0.1, 0.15) is 12.4 Å². The minimum Gasteiger partial charge on any atom is -0.475 e. The molecule has 0 radical (unpaired) electrons. The Morgan fingerprint density at radius 2 is 2.13 bits per heavy atom. The number of benzene rings is 1. The highest BCUT2D eigenvalue weighted by Crippen LogP contribution is 2.30. The third kappa shape index (κ3) is 3.31. The van der Waals surface area contributed by atoms with Crippen LogP contribution in [0.25, 0.3) is 0 Å². The van der Waals surface area contributed by atoms with E-state index in [4.69, 9.17) is 9.84 Å². The first-order valence-corrected chi connectivity index (χ1v) is 7.28. The Bertz CT molecular complexity index is 701. The van der Waals surface area contributed by atoms with E-state index in [-0.39, 0.29) is 18.5 Å². The fourth-order valence-corrected chi connectivity index (χ4v) is 2.59. The van der Waals surface area contributed by atoms with Crippen LogP contribution in [-0.4, -0.2) is 43.8 Å². The van der Waals surface area contributed by atoms with E-state index in [1.54, 1.807) is 4.90 Å². The number of aromatic carboxylic acids is 1. The second-order valence-electron chi connectivity index (χ2n) is 5.24. The van der Waals surface area contributed by atoms with Gasteiger partial charge < -0.3 is 9.84 Å². The maximum absolute atomic E-state index is 12.3. The first kappa shape index (κ1) is 15.0. The van der Waals surface area contributed by atoms with E-state index >= 15 is 0 Å². The van der Waals surface area contributed by atoms with Gasteiger partial charge in [-0.3, -0.25) is 10.00 Å². The summed E-state index contributed by atoms with van der Waals surface area (Å²) in [5, 5.41) is 15.1. The Kier molecular flexibility index (Phi) is 4.22. The standard InChI is InChI=1S/C15H16N4O4/c20-14(21)13-16-12(17-18-13)11-7-4-8-19(11)15(22)23-9-10-5-2-1-3-6-10/h1-3,5-6,11H,4,7-9H2,(H,20,21)(H,16,17,18)/t11-/m0/s1. The average Bonchev–Trinajstić information content (AvgIpc) is 3.22. The Morgan fingerprint density at radius 1 is 1.35 bits per heavy atom. The molecule has 3 rings (SSSR count). The molecular formula is C15H16N4O4. The first-order valence-electron chi connectivity index (χ1n) is 7.28. The molecule has 0 aliphatic carbocycles. The molecule has 120 valence electrons. The normalized spacial score (nSPS) is 17.2. The summed E-state index contributed by atoms with van der Waals surface area (Å²) in [6, 6.07) is 9.08. The lowest BCUT2D eigenvalue weighted by molar-refractivity contribution is 0.0684. The predicted octanol–water partition coefficient (Wildman–Crippen LogP) is 1.98. The molecule has 8 nitrogen and oxygen atoms in total. The highest BCUT2D eigenvalue weighted by atomic mass is 16.6. The third-order valence-electron chi connectivity index (χ3n) is 3.70. The summed E-state index contributed by atoms with van der Waals surface area (Å²) >= 11 is 0. The van der Waals surface area contributed by atoms with Crippen LogP contribution < -0.4 is 0 Å². The fourth-order valence-electron chi connectivity index (χ4n) is 2.59. The number of rotatable bonds is 4. The molecule has 1 aromatic heterocycles. The number of H-pyrrole nitrogens is 1. The summed E-state index contributed by atoms with van der Waals surface area (Å²) in [6.07, 6.45) is 1.05. The van der Waals surface area contributed by atoms with E-state index in [1.807, 2.05) is 30.3 Å². The minimum absolute atomic E-state index is 0.194. The number of hydrogen-bond donors (Lipinski definition) is 2. The number of carbonyl (C=O) groups is 2. The van der Waals surface area contributed by atoms with Gasteiger partial charge in [0.25, 0.3) is 5.82 Å². The Morgan fingerprint density at radius 3 is 2.83 bits per heavy atom. The molecule has 0 unspecified atom stereocenters. The van der Waals surface area contributed by atoms with Gasteiger partial charge in [-0.05, 0) is 18.4 Å². The number of amides is 1. The lowest BCUT2D eigenvalue weighted by Crippen LogP contribution is -2.31. The van der Waals surface area contributed by atoms with Crippen molar-refractivity contribution < 1.29 is 19.4 Å². The number of nitrogens with one attached hydrogen (secondary N) is 1. The Balaban J connectivity index is 1.65. The van der Waals surface area contributed by atoms with Crippen molar-refractivity contribution in [3.63, 3.8) is 0 Å². The van der Waals surface area contributed by atoms with Crippen molar-refractivity contribution in [2.24, 2.45) is 0 Å². The van der Waals surface area contributed by atoms with Gasteiger partial charge in [0.15, 0.2) is 0 Å². The highest BCUT2D eigenvalue weighted by molar-refractivity contribution is 5.82. The number of ether oxygens (including phenoxy) is 1. The molecule has 23 heavy (non-hydrogen) atoms. The van der Waals surface area contributed by atoms with Crippen LogP contribution in [0.2, 0.25) is 0 Å². The molecule has 0 bridgehead atoms. The van der Waals surface area contributed by atoms with Crippen molar-refractivity contribution in [1.29, 1.82) is 0 Å². The second-order valence-corrected chi connectivity index (χ2v) is 5.24. The number of aromatic nitrogens is 3. The van der Waals surface area contributed by atoms with E-state index < -0.39 is 12.1 Å². The summed E-state index contributed by atoms with van der Waals surface area (Å²) in [7, 11) is 0. The zero-order valence-corrected chi connectivity index (χ0v) is 12.3. The molecule has 1 amide bonds. The fraction of sp³-hybridized carbons (Fsp3) is 0.333. The lowest BCUT2D eigenvalue weighted by Gasteiger charge is -2.22. The van der Waals surface area contributed by atoms with Gasteiger partial charge in [0, 0.05) is 6.54 Å². The number of carboxylic acid groups (broad SMARTS) is 1. The van der Waals surface area contributed by atoms with Crippen LogP contribution in [0.5, 0.6) is 0 Å². The predicted molar refractivity (Wildman–Crippen MR) is 78.7 cm³/mol. The Labute approximate surface area is 132 Å². The van der Waals surface area contributed by atoms with E-state index in [0.717, 1.165) is 12.0 Å². The van der Waals surface area contributed by atoms with E-state index in [1.165, 1.54) is 0 Å². The molecule has 2 aromatic rings. The van der Waals surface area contributed by atoms with Crippen molar-refractivity contribution in [3.8, 4) is 0 Å². The molecule has 2 heterocycles. The molecule has 1 aliphatic rings. The highest BCUT2D eigenvalue weighted by Gasteiger charge is 2.33. The summed E-state index contributed by atoms with van der Waals surface area (Å²) in [5.41, 5.74) is 0.907. The zero-order chi connectivity index (χ0) is 16.2. The number of likely N-dealkylation sites (tertiary alicyclic amines) is 1. The number of carbonyl (C=O) groups excluding carboxylic acids is 1. The lowest BCUT2D eigenvalue weighted by atomic mass is 10.2. The molecule has 0 saturated carbocycles. The summed E-state index contributed by atoms with van der Waals surface area (Å²) in [4.78, 5) is 28.6. The topological polar surface area (TPSA) is 108 Å². The largest absolute Gasteiger partial charge is 0.475 e. The first-order chi connectivity index (χ1) is 11.1. The van der Waals surface area contributed by atoms with Gasteiger partial charge in [0.2, 0.25) is 0 Å². The SMILES string of the molecule is O=C(O)c1n[nH]c([C@@H]2CCCN2C(=O)OCc2ccccc2)n1. The van der Waals surface area contributed by atoms with E-state index in [9.17, 15) is 9.59 Å². The van der Waals surface area contributed by atoms with Crippen molar-refractivity contribution in [3.05, 3.63) is 47.5 Å². The van der Waals surface area contributed by atoms with E-state index in [0.29, 0.717) is 18.8 Å². The molecule has 1 saturated heterocycles. The smallest absolute Gasteiger partial charge is 0.410 e. The molecule has 0 spiro atoms. The van der Waals surface area contributed by atoms with Crippen molar-refractivity contribution in [2.75, 3.05) is 6.54 Å². The number of nitrogens with zero attached hydrogens (tertiary/aromatic N) is 3. The van der Waals surface area contributed by atoms with Gasteiger partial charge in [-0.25, -0.2) is 14.6 Å². The molecule has 1 aliphatic heterocycles. The number of aromatic amines is 1. The van der Waals surface area contributed by atoms with Gasteiger partial charge in [-0.15, -0.1) is 5.10 Å². The minimum atomic E-state index is -1.20. The van der Waals surface area contributed by atoms with Crippen molar-refractivity contribution in [1.82, 2.24) is 20.1 Å². The van der Waals surface area contributed by atoms with Gasteiger partial charge in [0.05, 0.1) is 6.04 Å². The van der Waals surface area contributed by atoms with Gasteiger partial charge in [-0.2, -0.15) is 0 Å². The molecule has 2 N–H and O–H groups in total. The van der Waals surface area contributed by atoms with Gasteiger partial charge >= 0.3 is 12.1 Å². The van der Waals surface area contributed by atoms with Crippen LogP contribution in [0.3, 0.4) is 0 Å². The van der Waals surface area contributed by atoms with Crippen LogP contribution in [0.15, 0.2) is 30.3 Å². The summed E-state index contributed by atoms with van der Waals surface area (Å²) < 4.78 is 5.33. The molecule has 1 aromatic carbocycles. The second kappa shape index (κ2) is 6.47. The van der Waals surface area contributed by atoms with Crippen LogP contribution >= 0.6 is 0 Å². The molecule has 1 atom stereocenters. The maximum Gasteiger partial charge on any atom is 0.410 e. The van der Waals surface area contributed by atoms with Crippen LogP contribution in [0.4, 0.5) is 4.79 Å². The molecular weight excluding hydrogens is 300 g/mol. The monoisotopic (exact) mass is 316 g/mol. The Hall–Kier alpha value is -2.90. The van der Waals surface area contributed by atoms with Crippen molar-refractivity contribution in [2.45, 2.75) is 25.5 Å². The summed E-state index contributed by atoms with van der Waals surface area (Å²) in [5.74, 6) is -1.13. The number of hydrogen-bond acceptors (Lipinski definition) is 5. The van der Waals surface area contributed by atoms with Crippen molar-refractivity contribution >= 4 is 12.1 Å². The zero-order valence-electron chi connectivity index (χ0n) is 12.3. The van der Waals surface area contributed by atoms with Crippen LogP contribution in [0.1, 0.15) is 40.9 Å². The third-order valence-corrected chi connectivity index (χ3v) is 3.70. The van der Waals surface area contributed by atoms with E-state index in [2.05, 4.69) is 15.2 Å². The van der Waals surface area contributed by atoms with Crippen LogP contribution in [-0.2, 0) is 11.3 Å². The summed E-state index contributed by atoms with van der Waals surface area (Å²) in [6.45, 7) is 0.737. The molecule has 8 heteroatoms. The van der Waals surface area contributed by atoms with Gasteiger partial charge in [-0.1, -0.05) is 30.3 Å². The quantitative estimate of drug-likeness (QED) is 0.892. The molecule has 1 fully saturated rings.